The van der Waals surface area contributed by atoms with E-state index in [4.69, 9.17) is 4.74 Å². The molecule has 2 aromatic carbocycles. The van der Waals surface area contributed by atoms with E-state index in [0.29, 0.717) is 18.6 Å². The highest BCUT2D eigenvalue weighted by Gasteiger charge is 2.31. The van der Waals surface area contributed by atoms with E-state index in [9.17, 15) is 14.4 Å². The van der Waals surface area contributed by atoms with Gasteiger partial charge in [0, 0.05) is 27.7 Å². The Bertz CT molecular complexity index is 837. The van der Waals surface area contributed by atoms with Gasteiger partial charge in [-0.2, -0.15) is 0 Å². The number of anilines is 1. The molecule has 3 rings (SSSR count). The van der Waals surface area contributed by atoms with Gasteiger partial charge in [0.25, 0.3) is 0 Å². The second kappa shape index (κ2) is 6.60. The van der Waals surface area contributed by atoms with Crippen LogP contribution in [0.25, 0.3) is 10.8 Å². The molecule has 0 saturated heterocycles. The number of halogens is 1. The zero-order valence-corrected chi connectivity index (χ0v) is 14.5. The summed E-state index contributed by atoms with van der Waals surface area (Å²) in [7, 11) is 0. The molecule has 1 aliphatic heterocycles. The number of rotatable bonds is 5. The van der Waals surface area contributed by atoms with Gasteiger partial charge < -0.3 is 4.74 Å². The second-order valence-corrected chi connectivity index (χ2v) is 6.41. The molecule has 0 aliphatic carbocycles. The summed E-state index contributed by atoms with van der Waals surface area (Å²) in [5, 5.41) is 3.91. The molecule has 1 N–H and O–H groups in total. The maximum atomic E-state index is 12.4. The Morgan fingerprint density at radius 1 is 1.38 bits per heavy atom. The van der Waals surface area contributed by atoms with Crippen LogP contribution in [0.3, 0.4) is 0 Å². The predicted molar refractivity (Wildman–Crippen MR) is 93.1 cm³/mol. The molecule has 0 saturated carbocycles. The van der Waals surface area contributed by atoms with Crippen LogP contribution >= 0.6 is 15.9 Å². The van der Waals surface area contributed by atoms with Crippen molar-refractivity contribution in [3.8, 4) is 5.75 Å². The summed E-state index contributed by atoms with van der Waals surface area (Å²) >= 11 is 3.51. The van der Waals surface area contributed by atoms with Crippen LogP contribution in [0.4, 0.5) is 10.5 Å². The smallest absolute Gasteiger partial charge is 0.409 e. The summed E-state index contributed by atoms with van der Waals surface area (Å²) in [6.45, 7) is 1.84. The lowest BCUT2D eigenvalue weighted by molar-refractivity contribution is -0.125. The summed E-state index contributed by atoms with van der Waals surface area (Å²) in [5.41, 5.74) is 0.753. The fraction of sp³-hybridized carbons (Fsp3) is 0.235. The first-order valence-electron chi connectivity index (χ1n) is 7.48. The van der Waals surface area contributed by atoms with Crippen molar-refractivity contribution in [1.29, 1.82) is 0 Å². The number of hydrogen-bond acceptors (Lipinski definition) is 4. The zero-order valence-electron chi connectivity index (χ0n) is 12.9. The summed E-state index contributed by atoms with van der Waals surface area (Å²) in [6, 6.07) is 9.04. The lowest BCUT2D eigenvalue weighted by Crippen LogP contribution is -2.43. The molecule has 0 spiro atoms. The normalized spacial score (nSPS) is 14.2. The molecule has 1 heterocycles. The summed E-state index contributed by atoms with van der Waals surface area (Å²) in [4.78, 5) is 35.7. The van der Waals surface area contributed by atoms with Crippen molar-refractivity contribution in [2.24, 2.45) is 0 Å². The van der Waals surface area contributed by atoms with Gasteiger partial charge in [-0.3, -0.25) is 19.8 Å². The van der Waals surface area contributed by atoms with Gasteiger partial charge in [-0.25, -0.2) is 4.79 Å². The zero-order chi connectivity index (χ0) is 17.3. The third kappa shape index (κ3) is 2.87. The van der Waals surface area contributed by atoms with Crippen molar-refractivity contribution >= 4 is 50.8 Å². The monoisotopic (exact) mass is 390 g/mol. The number of carbonyl (C=O) groups excluding carboxylic acids is 3. The van der Waals surface area contributed by atoms with Crippen LogP contribution in [0, 0.1) is 0 Å². The van der Waals surface area contributed by atoms with Crippen LogP contribution in [0.1, 0.15) is 19.8 Å². The fourth-order valence-corrected chi connectivity index (χ4v) is 3.33. The van der Waals surface area contributed by atoms with Gasteiger partial charge in [-0.15, -0.1) is 0 Å². The number of ether oxygens (including phenoxy) is 1. The lowest BCUT2D eigenvalue weighted by atomic mass is 10.0. The van der Waals surface area contributed by atoms with E-state index in [0.717, 1.165) is 20.9 Å². The van der Waals surface area contributed by atoms with Gasteiger partial charge in [-0.05, 0) is 31.5 Å². The van der Waals surface area contributed by atoms with E-state index in [2.05, 4.69) is 21.2 Å². The standard InChI is InChI=1S/C17H15BrN2O4/c1-10(5-8-15(22)19-9-21)20-13-4-2-3-11-12(18)6-7-14(16(11)13)24-17(20)23/h2-4,6-7,9-10H,5,8H2,1H3,(H,19,21,22). The van der Waals surface area contributed by atoms with Crippen molar-refractivity contribution in [3.63, 3.8) is 0 Å². The molecule has 6 nitrogen and oxygen atoms in total. The molecule has 0 bridgehead atoms. The Morgan fingerprint density at radius 3 is 2.92 bits per heavy atom. The Labute approximate surface area is 146 Å². The number of nitrogens with zero attached hydrogens (tertiary/aromatic N) is 1. The van der Waals surface area contributed by atoms with E-state index < -0.39 is 6.09 Å². The first kappa shape index (κ1) is 16.4. The second-order valence-electron chi connectivity index (χ2n) is 5.56. The van der Waals surface area contributed by atoms with Gasteiger partial charge >= 0.3 is 6.09 Å². The highest BCUT2D eigenvalue weighted by Crippen LogP contribution is 2.42. The molecular formula is C17H15BrN2O4. The minimum Gasteiger partial charge on any atom is -0.409 e. The van der Waals surface area contributed by atoms with Crippen molar-refractivity contribution in [2.45, 2.75) is 25.8 Å². The van der Waals surface area contributed by atoms with Crippen LogP contribution in [0.15, 0.2) is 34.8 Å². The molecular weight excluding hydrogens is 376 g/mol. The van der Waals surface area contributed by atoms with Gasteiger partial charge in [0.15, 0.2) is 0 Å². The molecule has 0 fully saturated rings. The van der Waals surface area contributed by atoms with E-state index in [1.165, 1.54) is 0 Å². The van der Waals surface area contributed by atoms with Crippen LogP contribution in [0.5, 0.6) is 5.75 Å². The van der Waals surface area contributed by atoms with E-state index in [-0.39, 0.29) is 18.4 Å². The molecule has 3 amide bonds. The van der Waals surface area contributed by atoms with Gasteiger partial charge in [-0.1, -0.05) is 28.1 Å². The minimum absolute atomic E-state index is 0.144. The summed E-state index contributed by atoms with van der Waals surface area (Å²) < 4.78 is 6.37. The van der Waals surface area contributed by atoms with Crippen LogP contribution in [-0.4, -0.2) is 24.5 Å². The lowest BCUT2D eigenvalue weighted by Gasteiger charge is -2.33. The average Bonchev–Trinajstić information content (AvgIpc) is 2.56. The molecule has 124 valence electrons. The number of hydrogen-bond donors (Lipinski definition) is 1. The van der Waals surface area contributed by atoms with Crippen molar-refractivity contribution in [3.05, 3.63) is 34.8 Å². The highest BCUT2D eigenvalue weighted by molar-refractivity contribution is 9.10. The maximum Gasteiger partial charge on any atom is 0.420 e. The van der Waals surface area contributed by atoms with Crippen LogP contribution in [0.2, 0.25) is 0 Å². The fourth-order valence-electron chi connectivity index (χ4n) is 2.87. The molecule has 0 aromatic heterocycles. The van der Waals surface area contributed by atoms with Crippen molar-refractivity contribution in [1.82, 2.24) is 5.32 Å². The SMILES string of the molecule is CC(CCC(=O)NC=O)N1C(=O)Oc2ccc(Br)c3cccc1c23. The third-order valence-corrected chi connectivity index (χ3v) is 4.72. The van der Waals surface area contributed by atoms with E-state index >= 15 is 0 Å². The number of imide groups is 1. The first-order chi connectivity index (χ1) is 11.5. The van der Waals surface area contributed by atoms with Crippen molar-refractivity contribution < 1.29 is 19.1 Å². The number of carbonyl (C=O) groups is 3. The number of amides is 3. The number of benzene rings is 2. The summed E-state index contributed by atoms with van der Waals surface area (Å²) in [6.07, 6.45) is 0.441. The molecule has 1 atom stereocenters. The van der Waals surface area contributed by atoms with Gasteiger partial charge in [0.05, 0.1) is 5.69 Å². The Morgan fingerprint density at radius 2 is 2.17 bits per heavy atom. The van der Waals surface area contributed by atoms with Crippen LogP contribution < -0.4 is 15.0 Å². The molecule has 7 heteroatoms. The largest absolute Gasteiger partial charge is 0.420 e. The Balaban J connectivity index is 1.95. The molecule has 24 heavy (non-hydrogen) atoms. The molecule has 2 aromatic rings. The van der Waals surface area contributed by atoms with Gasteiger partial charge in [0.1, 0.15) is 5.75 Å². The highest BCUT2D eigenvalue weighted by atomic mass is 79.9. The average molecular weight is 391 g/mol. The first-order valence-corrected chi connectivity index (χ1v) is 8.27. The Kier molecular flexibility index (Phi) is 4.53. The molecule has 1 aliphatic rings. The third-order valence-electron chi connectivity index (χ3n) is 4.03. The predicted octanol–water partition coefficient (Wildman–Crippen LogP) is 3.36. The van der Waals surface area contributed by atoms with Crippen LogP contribution in [-0.2, 0) is 9.59 Å². The Hall–Kier alpha value is -2.41. The van der Waals surface area contributed by atoms with E-state index in [1.54, 1.807) is 11.0 Å². The molecule has 1 unspecified atom stereocenters. The maximum absolute atomic E-state index is 12.4. The van der Waals surface area contributed by atoms with Crippen molar-refractivity contribution in [2.75, 3.05) is 4.90 Å². The van der Waals surface area contributed by atoms with E-state index in [1.807, 2.05) is 31.2 Å². The topological polar surface area (TPSA) is 75.7 Å². The summed E-state index contributed by atoms with van der Waals surface area (Å²) in [5.74, 6) is 0.152. The van der Waals surface area contributed by atoms with Gasteiger partial charge in [0.2, 0.25) is 12.3 Å². The molecule has 0 radical (unpaired) electrons. The minimum atomic E-state index is -0.472. The number of nitrogens with one attached hydrogen (secondary N) is 1. The quantitative estimate of drug-likeness (QED) is 0.794.